The van der Waals surface area contributed by atoms with Gasteiger partial charge in [0, 0.05) is 21.0 Å². The Morgan fingerprint density at radius 3 is 2.67 bits per heavy atom. The average molecular weight is 489 g/mol. The van der Waals surface area contributed by atoms with Crippen LogP contribution in [0.2, 0.25) is 0 Å². The van der Waals surface area contributed by atoms with Crippen molar-refractivity contribution in [2.45, 2.75) is 19.5 Å². The Bertz CT molecular complexity index is 1150. The van der Waals surface area contributed by atoms with Crippen molar-refractivity contribution in [2.24, 2.45) is 10.1 Å². The Kier molecular flexibility index (Phi) is 6.01. The van der Waals surface area contributed by atoms with Gasteiger partial charge in [-0.05, 0) is 24.6 Å². The van der Waals surface area contributed by atoms with Crippen LogP contribution in [0.1, 0.15) is 25.1 Å². The SMILES string of the molecule is CCCSC1=NN2C(=c3ccccc3=NC2c2cc(OC)c(OC)cc2Br)C(=O)N1. The zero-order valence-electron chi connectivity index (χ0n) is 16.8. The summed E-state index contributed by atoms with van der Waals surface area (Å²) < 4.78 is 11.7. The smallest absolute Gasteiger partial charge is 0.276 e. The van der Waals surface area contributed by atoms with E-state index in [1.807, 2.05) is 36.4 Å². The molecule has 2 aromatic rings. The van der Waals surface area contributed by atoms with Crippen LogP contribution in [0.5, 0.6) is 11.5 Å². The van der Waals surface area contributed by atoms with Crippen LogP contribution in [-0.2, 0) is 4.79 Å². The van der Waals surface area contributed by atoms with Crippen molar-refractivity contribution in [3.8, 4) is 11.5 Å². The van der Waals surface area contributed by atoms with Gasteiger partial charge in [-0.2, -0.15) is 0 Å². The van der Waals surface area contributed by atoms with Gasteiger partial charge in [-0.25, -0.2) is 5.01 Å². The minimum atomic E-state index is -0.535. The molecule has 4 rings (SSSR count). The van der Waals surface area contributed by atoms with Gasteiger partial charge in [0.25, 0.3) is 5.91 Å². The number of methoxy groups -OCH3 is 2. The fraction of sp³-hybridized carbons (Fsp3) is 0.286. The fourth-order valence-corrected chi connectivity index (χ4v) is 4.60. The molecule has 156 valence electrons. The number of fused-ring (bicyclic) bond motifs is 2. The number of nitrogens with zero attached hydrogens (tertiary/aromatic N) is 3. The maximum atomic E-state index is 13.1. The third-order valence-electron chi connectivity index (χ3n) is 4.74. The van der Waals surface area contributed by atoms with Gasteiger partial charge in [0.05, 0.1) is 19.6 Å². The van der Waals surface area contributed by atoms with Crippen LogP contribution < -0.4 is 25.4 Å². The zero-order chi connectivity index (χ0) is 21.3. The molecule has 30 heavy (non-hydrogen) atoms. The van der Waals surface area contributed by atoms with Crippen molar-refractivity contribution in [1.82, 2.24) is 10.3 Å². The summed E-state index contributed by atoms with van der Waals surface area (Å²) in [4.78, 5) is 18.0. The Labute approximate surface area is 187 Å². The van der Waals surface area contributed by atoms with Crippen LogP contribution in [0.15, 0.2) is 51.0 Å². The van der Waals surface area contributed by atoms with E-state index >= 15 is 0 Å². The quantitative estimate of drug-likeness (QED) is 0.700. The number of para-hydroxylation sites is 1. The highest BCUT2D eigenvalue weighted by molar-refractivity contribution is 9.10. The van der Waals surface area contributed by atoms with Gasteiger partial charge in [0.2, 0.25) is 0 Å². The van der Waals surface area contributed by atoms with Crippen molar-refractivity contribution < 1.29 is 14.3 Å². The molecule has 2 aliphatic rings. The lowest BCUT2D eigenvalue weighted by Gasteiger charge is -2.34. The molecular weight excluding hydrogens is 468 g/mol. The summed E-state index contributed by atoms with van der Waals surface area (Å²) >= 11 is 5.15. The van der Waals surface area contributed by atoms with Crippen molar-refractivity contribution in [3.63, 3.8) is 0 Å². The average Bonchev–Trinajstić information content (AvgIpc) is 2.76. The lowest BCUT2D eigenvalue weighted by molar-refractivity contribution is -0.116. The number of rotatable bonds is 5. The molecule has 0 radical (unpaired) electrons. The number of hydrogen-bond acceptors (Lipinski definition) is 7. The largest absolute Gasteiger partial charge is 0.493 e. The topological polar surface area (TPSA) is 75.5 Å². The number of nitrogens with one attached hydrogen (secondary N) is 1. The molecule has 1 atom stereocenters. The summed E-state index contributed by atoms with van der Waals surface area (Å²) in [5.41, 5.74) is 1.30. The van der Waals surface area contributed by atoms with Gasteiger partial charge in [-0.1, -0.05) is 52.8 Å². The van der Waals surface area contributed by atoms with E-state index in [9.17, 15) is 4.79 Å². The number of thioether (sulfide) groups is 1. The number of amides is 1. The van der Waals surface area contributed by atoms with E-state index in [1.54, 1.807) is 19.2 Å². The first kappa shape index (κ1) is 20.7. The number of carbonyl (C=O) groups is 1. The molecule has 0 fully saturated rings. The van der Waals surface area contributed by atoms with Gasteiger partial charge >= 0.3 is 0 Å². The van der Waals surface area contributed by atoms with Crippen LogP contribution in [0.25, 0.3) is 5.70 Å². The van der Waals surface area contributed by atoms with E-state index in [-0.39, 0.29) is 5.91 Å². The van der Waals surface area contributed by atoms with Crippen LogP contribution in [0.4, 0.5) is 0 Å². The maximum absolute atomic E-state index is 13.1. The fourth-order valence-electron chi connectivity index (χ4n) is 3.36. The van der Waals surface area contributed by atoms with Gasteiger partial charge < -0.3 is 9.47 Å². The minimum absolute atomic E-state index is 0.187. The Balaban J connectivity index is 1.92. The van der Waals surface area contributed by atoms with E-state index in [2.05, 4.69) is 28.2 Å². The predicted octanol–water partition coefficient (Wildman–Crippen LogP) is 2.75. The summed E-state index contributed by atoms with van der Waals surface area (Å²) in [6, 6.07) is 11.3. The summed E-state index contributed by atoms with van der Waals surface area (Å²) in [7, 11) is 3.18. The summed E-state index contributed by atoms with van der Waals surface area (Å²) in [5, 5.41) is 11.4. The highest BCUT2D eigenvalue weighted by Crippen LogP contribution is 2.40. The third kappa shape index (κ3) is 3.67. The summed E-state index contributed by atoms with van der Waals surface area (Å²) in [6.07, 6.45) is 0.445. The minimum Gasteiger partial charge on any atom is -0.493 e. The van der Waals surface area contributed by atoms with Gasteiger partial charge in [-0.15, -0.1) is 5.10 Å². The molecule has 7 nitrogen and oxygen atoms in total. The Morgan fingerprint density at radius 2 is 1.93 bits per heavy atom. The van der Waals surface area contributed by atoms with Gasteiger partial charge in [0.15, 0.2) is 22.8 Å². The highest BCUT2D eigenvalue weighted by Gasteiger charge is 2.35. The van der Waals surface area contributed by atoms with E-state index in [0.717, 1.165) is 32.8 Å². The van der Waals surface area contributed by atoms with Crippen molar-refractivity contribution in [1.29, 1.82) is 0 Å². The molecule has 0 aliphatic carbocycles. The van der Waals surface area contributed by atoms with E-state index in [0.29, 0.717) is 22.4 Å². The van der Waals surface area contributed by atoms with Crippen LogP contribution in [-0.4, -0.2) is 36.1 Å². The summed E-state index contributed by atoms with van der Waals surface area (Å²) in [6.45, 7) is 2.09. The van der Waals surface area contributed by atoms with Crippen LogP contribution >= 0.6 is 27.7 Å². The molecule has 0 saturated heterocycles. The summed E-state index contributed by atoms with van der Waals surface area (Å²) in [5.74, 6) is 1.86. The van der Waals surface area contributed by atoms with Gasteiger partial charge in [0.1, 0.15) is 5.70 Å². The number of amidine groups is 1. The molecule has 2 heterocycles. The molecule has 2 aliphatic heterocycles. The second kappa shape index (κ2) is 8.69. The Morgan fingerprint density at radius 1 is 1.20 bits per heavy atom. The Hall–Kier alpha value is -2.52. The molecule has 0 saturated carbocycles. The molecule has 2 aromatic carbocycles. The third-order valence-corrected chi connectivity index (χ3v) is 6.50. The molecule has 0 aromatic heterocycles. The van der Waals surface area contributed by atoms with Gasteiger partial charge in [-0.3, -0.25) is 15.1 Å². The lowest BCUT2D eigenvalue weighted by atomic mass is 10.1. The van der Waals surface area contributed by atoms with Crippen molar-refractivity contribution in [3.05, 3.63) is 57.0 Å². The van der Waals surface area contributed by atoms with E-state index < -0.39 is 6.17 Å². The molecular formula is C21H21BrN4O3S. The predicted molar refractivity (Wildman–Crippen MR) is 121 cm³/mol. The van der Waals surface area contributed by atoms with Crippen LogP contribution in [0.3, 0.4) is 0 Å². The van der Waals surface area contributed by atoms with Crippen molar-refractivity contribution >= 4 is 44.5 Å². The normalized spacial score (nSPS) is 17.4. The molecule has 1 amide bonds. The number of ether oxygens (including phenoxy) is 2. The van der Waals surface area contributed by atoms with Crippen molar-refractivity contribution in [2.75, 3.05) is 20.0 Å². The second-order valence-corrected chi connectivity index (χ2v) is 8.59. The molecule has 9 heteroatoms. The number of halogens is 1. The monoisotopic (exact) mass is 488 g/mol. The number of hydrazone groups is 1. The second-order valence-electron chi connectivity index (χ2n) is 6.65. The standard InChI is InChI=1S/C21H21BrN4O3S/c1-4-9-30-21-24-20(27)18-12-7-5-6-8-15(12)23-19(26(18)25-21)13-10-16(28-2)17(29-3)11-14(13)22/h5-8,10-11,19H,4,9H2,1-3H3,(H,24,25,27). The number of carbonyl (C=O) groups excluding carboxylic acids is 1. The first-order valence-corrected chi connectivity index (χ1v) is 11.3. The van der Waals surface area contributed by atoms with E-state index in [1.165, 1.54) is 11.8 Å². The van der Waals surface area contributed by atoms with Crippen LogP contribution in [0, 0.1) is 0 Å². The molecule has 1 N–H and O–H groups in total. The number of benzene rings is 2. The first-order chi connectivity index (χ1) is 14.6. The highest BCUT2D eigenvalue weighted by atomic mass is 79.9. The maximum Gasteiger partial charge on any atom is 0.276 e. The molecule has 0 bridgehead atoms. The molecule has 0 spiro atoms. The first-order valence-electron chi connectivity index (χ1n) is 9.48. The lowest BCUT2D eigenvalue weighted by Crippen LogP contribution is -2.50. The molecule has 1 unspecified atom stereocenters. The number of hydrogen-bond donors (Lipinski definition) is 1. The van der Waals surface area contributed by atoms with E-state index in [4.69, 9.17) is 19.6 Å². The zero-order valence-corrected chi connectivity index (χ0v) is 19.2.